The van der Waals surface area contributed by atoms with Crippen LogP contribution in [0.25, 0.3) is 0 Å². The van der Waals surface area contributed by atoms with E-state index in [2.05, 4.69) is 10.3 Å². The maximum Gasteiger partial charge on any atom is 0.321 e. The van der Waals surface area contributed by atoms with Crippen molar-refractivity contribution in [2.75, 3.05) is 25.0 Å². The molecule has 1 spiro atoms. The van der Waals surface area contributed by atoms with Crippen molar-refractivity contribution in [3.8, 4) is 0 Å². The van der Waals surface area contributed by atoms with E-state index < -0.39 is 0 Å². The van der Waals surface area contributed by atoms with Gasteiger partial charge >= 0.3 is 6.03 Å². The monoisotopic (exact) mass is 367 g/mol. The van der Waals surface area contributed by atoms with Crippen LogP contribution in [0.2, 0.25) is 0 Å². The number of anilines is 1. The molecule has 0 saturated carbocycles. The Morgan fingerprint density at radius 1 is 1.11 bits per heavy atom. The van der Waals surface area contributed by atoms with Crippen molar-refractivity contribution in [3.05, 3.63) is 48.5 Å². The minimum absolute atomic E-state index is 0.0292. The van der Waals surface area contributed by atoms with E-state index in [0.717, 1.165) is 37.9 Å². The van der Waals surface area contributed by atoms with Gasteiger partial charge in [0.1, 0.15) is 5.69 Å². The first-order valence-electron chi connectivity index (χ1n) is 9.48. The number of hydrogen-bond donors (Lipinski definition) is 1. The van der Waals surface area contributed by atoms with Crippen LogP contribution in [-0.4, -0.2) is 56.5 Å². The smallest absolute Gasteiger partial charge is 0.321 e. The number of nitrogens with one attached hydrogen (secondary N) is 1. The summed E-state index contributed by atoms with van der Waals surface area (Å²) in [6.07, 6.45) is 7.13. The first-order valence-corrected chi connectivity index (χ1v) is 9.48. The summed E-state index contributed by atoms with van der Waals surface area (Å²) >= 11 is 0. The molecular weight excluding hydrogens is 342 g/mol. The highest BCUT2D eigenvalue weighted by atomic mass is 16.2. The Morgan fingerprint density at radius 3 is 2.56 bits per heavy atom. The van der Waals surface area contributed by atoms with Gasteiger partial charge in [-0.3, -0.25) is 4.79 Å². The lowest BCUT2D eigenvalue weighted by atomic mass is 9.86. The molecule has 1 aromatic heterocycles. The van der Waals surface area contributed by atoms with Crippen LogP contribution in [0.3, 0.4) is 0 Å². The van der Waals surface area contributed by atoms with E-state index in [9.17, 15) is 9.59 Å². The lowest BCUT2D eigenvalue weighted by Crippen LogP contribution is -2.59. The molecular formula is C20H25N5O2. The molecule has 1 N–H and O–H groups in total. The molecule has 1 unspecified atom stereocenters. The first kappa shape index (κ1) is 17.6. The molecule has 142 valence electrons. The maximum absolute atomic E-state index is 13.0. The number of amides is 3. The topological polar surface area (TPSA) is 70.5 Å². The molecule has 0 aliphatic carbocycles. The van der Waals surface area contributed by atoms with Crippen LogP contribution in [0.15, 0.2) is 42.9 Å². The summed E-state index contributed by atoms with van der Waals surface area (Å²) < 4.78 is 1.79. The molecule has 2 fully saturated rings. The first-order chi connectivity index (χ1) is 13.1. The zero-order valence-corrected chi connectivity index (χ0v) is 15.6. The number of carbonyl (C=O) groups excluding carboxylic acids is 2. The van der Waals surface area contributed by atoms with Gasteiger partial charge in [0, 0.05) is 38.6 Å². The highest BCUT2D eigenvalue weighted by molar-refractivity contribution is 5.93. The van der Waals surface area contributed by atoms with E-state index in [0.29, 0.717) is 18.8 Å². The summed E-state index contributed by atoms with van der Waals surface area (Å²) in [6, 6.07) is 9.38. The third-order valence-electron chi connectivity index (χ3n) is 5.63. The summed E-state index contributed by atoms with van der Waals surface area (Å²) in [5.41, 5.74) is 0.987. The number of rotatable bonds is 2. The second kappa shape index (κ2) is 7.06. The van der Waals surface area contributed by atoms with E-state index in [-0.39, 0.29) is 17.5 Å². The van der Waals surface area contributed by atoms with Gasteiger partial charge in [-0.1, -0.05) is 18.2 Å². The van der Waals surface area contributed by atoms with Gasteiger partial charge in [0.2, 0.25) is 0 Å². The van der Waals surface area contributed by atoms with Crippen LogP contribution in [0, 0.1) is 0 Å². The Morgan fingerprint density at radius 2 is 1.85 bits per heavy atom. The van der Waals surface area contributed by atoms with Crippen LogP contribution >= 0.6 is 0 Å². The Kier molecular flexibility index (Phi) is 4.59. The number of benzene rings is 1. The molecule has 0 radical (unpaired) electrons. The second-order valence-corrected chi connectivity index (χ2v) is 7.53. The van der Waals surface area contributed by atoms with Gasteiger partial charge in [0.15, 0.2) is 0 Å². The number of likely N-dealkylation sites (tertiary alicyclic amines) is 2. The third kappa shape index (κ3) is 3.41. The lowest BCUT2D eigenvalue weighted by Gasteiger charge is -2.45. The van der Waals surface area contributed by atoms with Crippen molar-refractivity contribution in [2.45, 2.75) is 31.2 Å². The summed E-state index contributed by atoms with van der Waals surface area (Å²) in [5.74, 6) is -0.0292. The normalized spacial score (nSPS) is 22.3. The number of aromatic nitrogens is 2. The van der Waals surface area contributed by atoms with Gasteiger partial charge in [-0.25, -0.2) is 9.78 Å². The molecule has 1 aromatic carbocycles. The average molecular weight is 367 g/mol. The Hall–Kier alpha value is -2.83. The molecule has 3 heterocycles. The summed E-state index contributed by atoms with van der Waals surface area (Å²) in [6.45, 7) is 2.01. The fourth-order valence-corrected chi connectivity index (χ4v) is 4.35. The SMILES string of the molecule is Cn1cnc(C(=O)N2CCCC23CCCN(C(=O)Nc2ccccc2)C3)c1. The largest absolute Gasteiger partial charge is 0.340 e. The molecule has 2 aromatic rings. The zero-order valence-electron chi connectivity index (χ0n) is 15.6. The van der Waals surface area contributed by atoms with E-state index in [1.54, 1.807) is 17.1 Å². The van der Waals surface area contributed by atoms with Crippen LogP contribution < -0.4 is 5.32 Å². The molecule has 27 heavy (non-hydrogen) atoms. The van der Waals surface area contributed by atoms with Crippen LogP contribution in [0.4, 0.5) is 10.5 Å². The van der Waals surface area contributed by atoms with Gasteiger partial charge in [-0.15, -0.1) is 0 Å². The van der Waals surface area contributed by atoms with Crippen LogP contribution in [-0.2, 0) is 7.05 Å². The molecule has 7 nitrogen and oxygen atoms in total. The Balaban J connectivity index is 1.50. The highest BCUT2D eigenvalue weighted by Crippen LogP contribution is 2.38. The van der Waals surface area contributed by atoms with Crippen LogP contribution in [0.5, 0.6) is 0 Å². The van der Waals surface area contributed by atoms with E-state index >= 15 is 0 Å². The summed E-state index contributed by atoms with van der Waals surface area (Å²) in [7, 11) is 1.86. The average Bonchev–Trinajstić information content (AvgIpc) is 3.28. The van der Waals surface area contributed by atoms with Gasteiger partial charge < -0.3 is 19.7 Å². The predicted molar refractivity (Wildman–Crippen MR) is 102 cm³/mol. The standard InChI is InChI=1S/C20H25N5O2/c1-23-13-17(21-15-23)18(26)25-12-6-10-20(25)9-5-11-24(14-20)19(27)22-16-7-3-2-4-8-16/h2-4,7-8,13,15H,5-6,9-12,14H2,1H3,(H,22,27). The number of nitrogens with zero attached hydrogens (tertiary/aromatic N) is 4. The predicted octanol–water partition coefficient (Wildman–Crippen LogP) is 2.72. The third-order valence-corrected chi connectivity index (χ3v) is 5.63. The Bertz CT molecular complexity index is 834. The molecule has 2 aliphatic rings. The molecule has 0 bridgehead atoms. The molecule has 3 amide bonds. The quantitative estimate of drug-likeness (QED) is 0.887. The number of para-hydroxylation sites is 1. The van der Waals surface area contributed by atoms with Crippen molar-refractivity contribution in [3.63, 3.8) is 0 Å². The maximum atomic E-state index is 13.0. The van der Waals surface area contributed by atoms with Crippen molar-refractivity contribution < 1.29 is 9.59 Å². The van der Waals surface area contributed by atoms with Gasteiger partial charge in [-0.05, 0) is 37.8 Å². The van der Waals surface area contributed by atoms with Crippen molar-refractivity contribution in [1.82, 2.24) is 19.4 Å². The number of aryl methyl sites for hydroxylation is 1. The number of piperidine rings is 1. The number of hydrogen-bond acceptors (Lipinski definition) is 3. The van der Waals surface area contributed by atoms with Gasteiger partial charge in [0.05, 0.1) is 11.9 Å². The molecule has 4 rings (SSSR count). The highest BCUT2D eigenvalue weighted by Gasteiger charge is 2.47. The van der Waals surface area contributed by atoms with Gasteiger partial charge in [-0.2, -0.15) is 0 Å². The molecule has 1 atom stereocenters. The van der Waals surface area contributed by atoms with E-state index in [4.69, 9.17) is 0 Å². The summed E-state index contributed by atoms with van der Waals surface area (Å²) in [5, 5.41) is 2.96. The van der Waals surface area contributed by atoms with E-state index in [1.807, 2.05) is 47.2 Å². The van der Waals surface area contributed by atoms with Crippen molar-refractivity contribution in [2.24, 2.45) is 7.05 Å². The minimum atomic E-state index is -0.277. The second-order valence-electron chi connectivity index (χ2n) is 7.53. The molecule has 7 heteroatoms. The van der Waals surface area contributed by atoms with Crippen molar-refractivity contribution >= 4 is 17.6 Å². The fraction of sp³-hybridized carbons (Fsp3) is 0.450. The summed E-state index contributed by atoms with van der Waals surface area (Å²) in [4.78, 5) is 33.8. The molecule has 2 aliphatic heterocycles. The van der Waals surface area contributed by atoms with Crippen LogP contribution in [0.1, 0.15) is 36.2 Å². The van der Waals surface area contributed by atoms with E-state index in [1.165, 1.54) is 0 Å². The molecule has 2 saturated heterocycles. The van der Waals surface area contributed by atoms with Crippen molar-refractivity contribution in [1.29, 1.82) is 0 Å². The zero-order chi connectivity index (χ0) is 18.9. The fourth-order valence-electron chi connectivity index (χ4n) is 4.35. The lowest BCUT2D eigenvalue weighted by molar-refractivity contribution is 0.0389. The Labute approximate surface area is 159 Å². The number of urea groups is 1. The number of carbonyl (C=O) groups is 2. The van der Waals surface area contributed by atoms with Gasteiger partial charge in [0.25, 0.3) is 5.91 Å². The minimum Gasteiger partial charge on any atom is -0.340 e. The number of imidazole rings is 1.